The molecule has 3 aromatic rings. The van der Waals surface area contributed by atoms with Gasteiger partial charge in [0.15, 0.2) is 0 Å². The molecule has 22 heavy (non-hydrogen) atoms. The van der Waals surface area contributed by atoms with Crippen LogP contribution in [0.5, 0.6) is 0 Å². The average Bonchev–Trinajstić information content (AvgIpc) is 2.52. The van der Waals surface area contributed by atoms with E-state index in [0.717, 1.165) is 16.4 Å². The summed E-state index contributed by atoms with van der Waals surface area (Å²) < 4.78 is 0. The van der Waals surface area contributed by atoms with Crippen LogP contribution in [0.25, 0.3) is 11.1 Å². The van der Waals surface area contributed by atoms with Crippen LogP contribution in [-0.4, -0.2) is 0 Å². The number of halogens is 1. The molecule has 0 aliphatic rings. The lowest BCUT2D eigenvalue weighted by Crippen LogP contribution is -1.95. The van der Waals surface area contributed by atoms with Gasteiger partial charge < -0.3 is 5.32 Å². The Bertz CT molecular complexity index is 791. The molecule has 0 atom stereocenters. The highest BCUT2D eigenvalue weighted by Gasteiger charge is 2.08. The van der Waals surface area contributed by atoms with E-state index < -0.39 is 0 Å². The molecule has 0 aromatic heterocycles. The molecule has 0 bridgehead atoms. The van der Waals surface area contributed by atoms with Crippen molar-refractivity contribution in [2.45, 2.75) is 13.8 Å². The lowest BCUT2D eigenvalue weighted by molar-refractivity contribution is 1.39. The molecule has 1 N–H and O–H groups in total. The van der Waals surface area contributed by atoms with Gasteiger partial charge in [0.25, 0.3) is 0 Å². The van der Waals surface area contributed by atoms with Crippen molar-refractivity contribution in [2.75, 3.05) is 5.32 Å². The molecule has 0 aliphatic heterocycles. The van der Waals surface area contributed by atoms with Crippen molar-refractivity contribution in [3.8, 4) is 11.1 Å². The van der Waals surface area contributed by atoms with Crippen LogP contribution in [0.2, 0.25) is 5.02 Å². The zero-order valence-electron chi connectivity index (χ0n) is 12.7. The molecule has 0 unspecified atom stereocenters. The fourth-order valence-electron chi connectivity index (χ4n) is 2.63. The van der Waals surface area contributed by atoms with Gasteiger partial charge in [0.1, 0.15) is 0 Å². The molecule has 0 aliphatic carbocycles. The predicted octanol–water partition coefficient (Wildman–Crippen LogP) is 6.37. The van der Waals surface area contributed by atoms with Crippen LogP contribution in [-0.2, 0) is 0 Å². The fourth-order valence-corrected chi connectivity index (χ4v) is 2.75. The summed E-state index contributed by atoms with van der Waals surface area (Å²) >= 11 is 5.94. The van der Waals surface area contributed by atoms with Crippen LogP contribution in [0, 0.1) is 13.8 Å². The number of rotatable bonds is 3. The topological polar surface area (TPSA) is 12.0 Å². The van der Waals surface area contributed by atoms with E-state index in [9.17, 15) is 0 Å². The number of aryl methyl sites for hydroxylation is 1. The number of anilines is 2. The van der Waals surface area contributed by atoms with Gasteiger partial charge in [0.2, 0.25) is 0 Å². The van der Waals surface area contributed by atoms with Crippen LogP contribution in [0.4, 0.5) is 11.4 Å². The minimum absolute atomic E-state index is 0.746. The third-order valence-electron chi connectivity index (χ3n) is 3.89. The van der Waals surface area contributed by atoms with Crippen molar-refractivity contribution in [1.82, 2.24) is 0 Å². The first-order chi connectivity index (χ1) is 10.6. The van der Waals surface area contributed by atoms with Gasteiger partial charge in [0.05, 0.1) is 0 Å². The third kappa shape index (κ3) is 3.00. The normalized spacial score (nSPS) is 10.5. The van der Waals surface area contributed by atoms with Crippen LogP contribution in [0.15, 0.2) is 66.7 Å². The Morgan fingerprint density at radius 1 is 0.727 bits per heavy atom. The number of nitrogens with one attached hydrogen (secondary N) is 1. The Morgan fingerprint density at radius 3 is 2.14 bits per heavy atom. The Hall–Kier alpha value is -2.25. The van der Waals surface area contributed by atoms with E-state index in [1.165, 1.54) is 22.3 Å². The predicted molar refractivity (Wildman–Crippen MR) is 96.1 cm³/mol. The molecule has 0 spiro atoms. The Morgan fingerprint density at radius 2 is 1.41 bits per heavy atom. The van der Waals surface area contributed by atoms with Crippen LogP contribution >= 0.6 is 11.6 Å². The lowest BCUT2D eigenvalue weighted by Gasteiger charge is -2.15. The maximum Gasteiger partial charge on any atom is 0.0420 e. The van der Waals surface area contributed by atoms with Gasteiger partial charge in [-0.3, -0.25) is 0 Å². The van der Waals surface area contributed by atoms with Gasteiger partial charge in [-0.1, -0.05) is 48.0 Å². The van der Waals surface area contributed by atoms with E-state index in [-0.39, 0.29) is 0 Å². The molecule has 0 saturated heterocycles. The van der Waals surface area contributed by atoms with Crippen molar-refractivity contribution in [2.24, 2.45) is 0 Å². The smallest absolute Gasteiger partial charge is 0.0420 e. The van der Waals surface area contributed by atoms with Gasteiger partial charge in [-0.05, 0) is 66.4 Å². The second-order valence-electron chi connectivity index (χ2n) is 5.42. The van der Waals surface area contributed by atoms with Gasteiger partial charge in [-0.15, -0.1) is 0 Å². The molecule has 3 rings (SSSR count). The molecule has 0 saturated carbocycles. The summed E-state index contributed by atoms with van der Waals surface area (Å²) in [5, 5.41) is 4.22. The fraction of sp³-hybridized carbons (Fsp3) is 0.100. The summed E-state index contributed by atoms with van der Waals surface area (Å²) in [6.45, 7) is 4.30. The first kappa shape index (κ1) is 14.7. The van der Waals surface area contributed by atoms with Crippen molar-refractivity contribution < 1.29 is 0 Å². The van der Waals surface area contributed by atoms with E-state index in [1.807, 2.05) is 24.3 Å². The number of hydrogen-bond acceptors (Lipinski definition) is 1. The second kappa shape index (κ2) is 6.25. The molecule has 3 aromatic carbocycles. The van der Waals surface area contributed by atoms with E-state index in [2.05, 4.69) is 61.6 Å². The zero-order valence-corrected chi connectivity index (χ0v) is 13.5. The summed E-state index contributed by atoms with van der Waals surface area (Å²) in [6.07, 6.45) is 0. The number of hydrogen-bond donors (Lipinski definition) is 1. The van der Waals surface area contributed by atoms with Crippen molar-refractivity contribution in [1.29, 1.82) is 0 Å². The van der Waals surface area contributed by atoms with Crippen molar-refractivity contribution in [3.63, 3.8) is 0 Å². The Kier molecular flexibility index (Phi) is 4.17. The van der Waals surface area contributed by atoms with Crippen LogP contribution in [0.1, 0.15) is 11.1 Å². The molecule has 0 fully saturated rings. The summed E-state index contributed by atoms with van der Waals surface area (Å²) in [5.41, 5.74) is 7.22. The summed E-state index contributed by atoms with van der Waals surface area (Å²) in [7, 11) is 0. The monoisotopic (exact) mass is 307 g/mol. The third-order valence-corrected chi connectivity index (χ3v) is 4.14. The highest BCUT2D eigenvalue weighted by molar-refractivity contribution is 6.30. The van der Waals surface area contributed by atoms with Crippen LogP contribution in [0.3, 0.4) is 0 Å². The van der Waals surface area contributed by atoms with Gasteiger partial charge >= 0.3 is 0 Å². The van der Waals surface area contributed by atoms with Gasteiger partial charge in [-0.25, -0.2) is 0 Å². The zero-order chi connectivity index (χ0) is 15.5. The van der Waals surface area contributed by atoms with E-state index in [1.54, 1.807) is 0 Å². The Labute approximate surface area is 136 Å². The molecule has 0 amide bonds. The summed E-state index contributed by atoms with van der Waals surface area (Å²) in [4.78, 5) is 0. The maximum absolute atomic E-state index is 5.94. The molecule has 110 valence electrons. The van der Waals surface area contributed by atoms with Crippen molar-refractivity contribution >= 4 is 23.0 Å². The average molecular weight is 308 g/mol. The minimum atomic E-state index is 0.746. The highest BCUT2D eigenvalue weighted by Crippen LogP contribution is 2.32. The van der Waals surface area contributed by atoms with Crippen molar-refractivity contribution in [3.05, 3.63) is 82.9 Å². The Balaban J connectivity index is 1.99. The number of benzene rings is 3. The summed E-state index contributed by atoms with van der Waals surface area (Å²) in [6, 6.07) is 22.6. The molecule has 1 nitrogen and oxygen atoms in total. The summed E-state index contributed by atoms with van der Waals surface area (Å²) in [5.74, 6) is 0. The van der Waals surface area contributed by atoms with E-state index in [0.29, 0.717) is 0 Å². The van der Waals surface area contributed by atoms with Crippen LogP contribution < -0.4 is 5.32 Å². The quantitative estimate of drug-likeness (QED) is 0.593. The van der Waals surface area contributed by atoms with E-state index >= 15 is 0 Å². The molecule has 2 heteroatoms. The minimum Gasteiger partial charge on any atom is -0.355 e. The first-order valence-corrected chi connectivity index (χ1v) is 7.71. The van der Waals surface area contributed by atoms with E-state index in [4.69, 9.17) is 11.6 Å². The molecule has 0 heterocycles. The molecule has 0 radical (unpaired) electrons. The lowest BCUT2D eigenvalue weighted by atomic mass is 9.95. The first-order valence-electron chi connectivity index (χ1n) is 7.33. The molecular weight excluding hydrogens is 290 g/mol. The SMILES string of the molecule is Cc1ccccc1-c1cccc(Nc2ccc(Cl)cc2)c1C. The second-order valence-corrected chi connectivity index (χ2v) is 5.86. The van der Waals surface area contributed by atoms with Gasteiger partial charge in [0, 0.05) is 16.4 Å². The maximum atomic E-state index is 5.94. The largest absolute Gasteiger partial charge is 0.355 e. The molecular formula is C20H18ClN. The highest BCUT2D eigenvalue weighted by atomic mass is 35.5. The van der Waals surface area contributed by atoms with Gasteiger partial charge in [-0.2, -0.15) is 0 Å². The standard InChI is InChI=1S/C20H18ClN/c1-14-6-3-4-7-18(14)19-8-5-9-20(15(19)2)22-17-12-10-16(21)11-13-17/h3-13,22H,1-2H3.